The molecule has 2 aromatic rings. The van der Waals surface area contributed by atoms with Gasteiger partial charge in [-0.2, -0.15) is 0 Å². The van der Waals surface area contributed by atoms with E-state index in [2.05, 4.69) is 36.9 Å². The first-order chi connectivity index (χ1) is 12.1. The summed E-state index contributed by atoms with van der Waals surface area (Å²) >= 11 is 0. The number of piperazine rings is 1. The van der Waals surface area contributed by atoms with Crippen LogP contribution in [0.25, 0.3) is 0 Å². The van der Waals surface area contributed by atoms with Crippen LogP contribution in [0.2, 0.25) is 0 Å². The minimum absolute atomic E-state index is 0.106. The second-order valence-electron chi connectivity index (χ2n) is 6.73. The lowest BCUT2D eigenvalue weighted by atomic mass is 10.0. The van der Waals surface area contributed by atoms with Gasteiger partial charge in [0, 0.05) is 38.3 Å². The molecule has 0 bridgehead atoms. The van der Waals surface area contributed by atoms with Gasteiger partial charge in [0.15, 0.2) is 0 Å². The van der Waals surface area contributed by atoms with Crippen LogP contribution >= 0.6 is 0 Å². The van der Waals surface area contributed by atoms with Crippen molar-refractivity contribution in [1.29, 1.82) is 0 Å². The van der Waals surface area contributed by atoms with Gasteiger partial charge in [0.2, 0.25) is 0 Å². The molecular weight excluding hydrogens is 312 g/mol. The molecule has 0 atom stereocenters. The van der Waals surface area contributed by atoms with Crippen molar-refractivity contribution in [3.8, 4) is 5.75 Å². The summed E-state index contributed by atoms with van der Waals surface area (Å²) in [6.45, 7) is 8.63. The molecule has 25 heavy (non-hydrogen) atoms. The Bertz CT molecular complexity index is 732. The molecule has 4 heteroatoms. The Labute approximate surface area is 150 Å². The Kier molecular flexibility index (Phi) is 5.39. The van der Waals surface area contributed by atoms with Crippen LogP contribution in [0.1, 0.15) is 27.0 Å². The molecule has 1 amide bonds. The van der Waals surface area contributed by atoms with E-state index in [0.717, 1.165) is 44.0 Å². The van der Waals surface area contributed by atoms with Gasteiger partial charge >= 0.3 is 0 Å². The van der Waals surface area contributed by atoms with Gasteiger partial charge in [-0.05, 0) is 49.2 Å². The summed E-state index contributed by atoms with van der Waals surface area (Å²) in [5, 5.41) is 0. The number of methoxy groups -OCH3 is 1. The Morgan fingerprint density at radius 2 is 1.68 bits per heavy atom. The van der Waals surface area contributed by atoms with Crippen molar-refractivity contribution < 1.29 is 9.53 Å². The molecule has 2 aromatic carbocycles. The fourth-order valence-electron chi connectivity index (χ4n) is 3.24. The van der Waals surface area contributed by atoms with Crippen molar-refractivity contribution in [2.45, 2.75) is 20.4 Å². The maximum atomic E-state index is 12.6. The lowest BCUT2D eigenvalue weighted by Gasteiger charge is -2.35. The number of rotatable bonds is 4. The minimum atomic E-state index is 0.106. The number of carbonyl (C=O) groups excluding carboxylic acids is 1. The SMILES string of the molecule is COc1ccc(C(=O)N2CCN(Cc3cc(C)ccc3C)CC2)cc1. The van der Waals surface area contributed by atoms with Gasteiger partial charge in [-0.25, -0.2) is 0 Å². The average Bonchev–Trinajstić information content (AvgIpc) is 2.65. The fraction of sp³-hybridized carbons (Fsp3) is 0.381. The third-order valence-electron chi connectivity index (χ3n) is 4.90. The van der Waals surface area contributed by atoms with E-state index in [1.807, 2.05) is 29.2 Å². The summed E-state index contributed by atoms with van der Waals surface area (Å²) in [6, 6.07) is 14.0. The normalized spacial score (nSPS) is 15.2. The van der Waals surface area contributed by atoms with Gasteiger partial charge in [-0.3, -0.25) is 9.69 Å². The quantitative estimate of drug-likeness (QED) is 0.858. The van der Waals surface area contributed by atoms with Crippen molar-refractivity contribution in [2.24, 2.45) is 0 Å². The molecule has 1 heterocycles. The maximum absolute atomic E-state index is 12.6. The molecule has 1 fully saturated rings. The number of amides is 1. The van der Waals surface area contributed by atoms with Crippen molar-refractivity contribution in [3.05, 3.63) is 64.7 Å². The zero-order chi connectivity index (χ0) is 17.8. The van der Waals surface area contributed by atoms with E-state index >= 15 is 0 Å². The van der Waals surface area contributed by atoms with Crippen LogP contribution in [-0.2, 0) is 6.54 Å². The van der Waals surface area contributed by atoms with Gasteiger partial charge < -0.3 is 9.64 Å². The highest BCUT2D eigenvalue weighted by molar-refractivity contribution is 5.94. The van der Waals surface area contributed by atoms with E-state index < -0.39 is 0 Å². The van der Waals surface area contributed by atoms with E-state index in [9.17, 15) is 4.79 Å². The highest BCUT2D eigenvalue weighted by Gasteiger charge is 2.22. The third-order valence-corrected chi connectivity index (χ3v) is 4.90. The van der Waals surface area contributed by atoms with E-state index in [4.69, 9.17) is 4.74 Å². The lowest BCUT2D eigenvalue weighted by Crippen LogP contribution is -2.48. The van der Waals surface area contributed by atoms with Crippen LogP contribution < -0.4 is 4.74 Å². The summed E-state index contributed by atoms with van der Waals surface area (Å²) in [5.41, 5.74) is 4.75. The molecule has 0 unspecified atom stereocenters. The van der Waals surface area contributed by atoms with Gasteiger partial charge in [-0.1, -0.05) is 23.8 Å². The molecular formula is C21H26N2O2. The smallest absolute Gasteiger partial charge is 0.253 e. The highest BCUT2D eigenvalue weighted by Crippen LogP contribution is 2.17. The summed E-state index contributed by atoms with van der Waals surface area (Å²) in [5.74, 6) is 0.879. The highest BCUT2D eigenvalue weighted by atomic mass is 16.5. The maximum Gasteiger partial charge on any atom is 0.253 e. The van der Waals surface area contributed by atoms with Crippen molar-refractivity contribution >= 4 is 5.91 Å². The molecule has 132 valence electrons. The molecule has 0 radical (unpaired) electrons. The Balaban J connectivity index is 1.57. The van der Waals surface area contributed by atoms with Gasteiger partial charge in [0.25, 0.3) is 5.91 Å². The predicted octanol–water partition coefficient (Wildman–Crippen LogP) is 3.27. The zero-order valence-corrected chi connectivity index (χ0v) is 15.3. The van der Waals surface area contributed by atoms with E-state index in [0.29, 0.717) is 0 Å². The number of hydrogen-bond acceptors (Lipinski definition) is 3. The molecule has 1 saturated heterocycles. The van der Waals surface area contributed by atoms with E-state index in [1.54, 1.807) is 7.11 Å². The van der Waals surface area contributed by atoms with E-state index in [-0.39, 0.29) is 5.91 Å². The standard InChI is InChI=1S/C21H26N2O2/c1-16-4-5-17(2)19(14-16)15-22-10-12-23(13-11-22)21(24)18-6-8-20(25-3)9-7-18/h4-9,14H,10-13,15H2,1-3H3. The van der Waals surface area contributed by atoms with Crippen molar-refractivity contribution in [2.75, 3.05) is 33.3 Å². The predicted molar refractivity (Wildman–Crippen MR) is 100 cm³/mol. The number of carbonyl (C=O) groups is 1. The summed E-state index contributed by atoms with van der Waals surface area (Å²) < 4.78 is 5.15. The Hall–Kier alpha value is -2.33. The van der Waals surface area contributed by atoms with Crippen LogP contribution in [0, 0.1) is 13.8 Å². The van der Waals surface area contributed by atoms with Crippen LogP contribution in [-0.4, -0.2) is 49.0 Å². The van der Waals surface area contributed by atoms with Gasteiger partial charge in [0.1, 0.15) is 5.75 Å². The number of hydrogen-bond donors (Lipinski definition) is 0. The third kappa shape index (κ3) is 4.20. The molecule has 1 aliphatic rings. The zero-order valence-electron chi connectivity index (χ0n) is 15.3. The number of aryl methyl sites for hydroxylation is 2. The molecule has 0 spiro atoms. The second kappa shape index (κ2) is 7.70. The second-order valence-corrected chi connectivity index (χ2v) is 6.73. The summed E-state index contributed by atoms with van der Waals surface area (Å²) in [7, 11) is 1.63. The van der Waals surface area contributed by atoms with Gasteiger partial charge in [0.05, 0.1) is 7.11 Å². The molecule has 0 aliphatic carbocycles. The van der Waals surface area contributed by atoms with E-state index in [1.165, 1.54) is 16.7 Å². The number of benzene rings is 2. The minimum Gasteiger partial charge on any atom is -0.497 e. The van der Waals surface area contributed by atoms with Crippen LogP contribution in [0.5, 0.6) is 5.75 Å². The summed E-state index contributed by atoms with van der Waals surface area (Å²) in [4.78, 5) is 17.0. The first kappa shape index (κ1) is 17.5. The monoisotopic (exact) mass is 338 g/mol. The molecule has 0 N–H and O–H groups in total. The average molecular weight is 338 g/mol. The molecule has 4 nitrogen and oxygen atoms in total. The number of nitrogens with zero attached hydrogens (tertiary/aromatic N) is 2. The molecule has 0 aromatic heterocycles. The van der Waals surface area contributed by atoms with Crippen molar-refractivity contribution in [1.82, 2.24) is 9.80 Å². The largest absolute Gasteiger partial charge is 0.497 e. The van der Waals surface area contributed by atoms with Gasteiger partial charge in [-0.15, -0.1) is 0 Å². The first-order valence-electron chi connectivity index (χ1n) is 8.78. The first-order valence-corrected chi connectivity index (χ1v) is 8.78. The fourth-order valence-corrected chi connectivity index (χ4v) is 3.24. The molecule has 1 aliphatic heterocycles. The lowest BCUT2D eigenvalue weighted by molar-refractivity contribution is 0.0628. The van der Waals surface area contributed by atoms with Crippen LogP contribution in [0.3, 0.4) is 0 Å². The van der Waals surface area contributed by atoms with Crippen LogP contribution in [0.15, 0.2) is 42.5 Å². The topological polar surface area (TPSA) is 32.8 Å². The Morgan fingerprint density at radius 3 is 2.32 bits per heavy atom. The Morgan fingerprint density at radius 1 is 1.00 bits per heavy atom. The molecule has 3 rings (SSSR count). The van der Waals surface area contributed by atoms with Crippen LogP contribution in [0.4, 0.5) is 0 Å². The van der Waals surface area contributed by atoms with Crippen molar-refractivity contribution in [3.63, 3.8) is 0 Å². The molecule has 0 saturated carbocycles. The summed E-state index contributed by atoms with van der Waals surface area (Å²) in [6.07, 6.45) is 0. The number of ether oxygens (including phenoxy) is 1.